The van der Waals surface area contributed by atoms with Crippen LogP contribution in [-0.2, 0) is 23.8 Å². The average molecular weight is 1130 g/mol. The number of hydrogen-bond acceptors (Lipinski definition) is 10. The van der Waals surface area contributed by atoms with Crippen molar-refractivity contribution in [2.75, 3.05) is 13.2 Å². The summed E-state index contributed by atoms with van der Waals surface area (Å²) < 4.78 is 17.6. The first-order valence-electron chi connectivity index (χ1n) is 32.4. The Morgan fingerprint density at radius 2 is 0.938 bits per heavy atom. The number of carbonyl (C=O) groups is 2. The van der Waals surface area contributed by atoms with Crippen LogP contribution in [0.1, 0.15) is 245 Å². The maximum absolute atomic E-state index is 13.4. The van der Waals surface area contributed by atoms with Crippen LogP contribution >= 0.6 is 0 Å². The molecule has 462 valence electrons. The lowest BCUT2D eigenvalue weighted by Crippen LogP contribution is -2.61. The molecule has 0 saturated carbocycles. The van der Waals surface area contributed by atoms with Gasteiger partial charge in [0.05, 0.1) is 25.4 Å². The highest BCUT2D eigenvalue weighted by Crippen LogP contribution is 2.26. The molecular weight excluding hydrogens is 1010 g/mol. The molecule has 81 heavy (non-hydrogen) atoms. The Bertz CT molecular complexity index is 1780. The Morgan fingerprint density at radius 3 is 1.47 bits per heavy atom. The third-order valence-electron chi connectivity index (χ3n) is 14.5. The van der Waals surface area contributed by atoms with Crippen molar-refractivity contribution < 1.29 is 49.3 Å². The number of esters is 1. The van der Waals surface area contributed by atoms with Gasteiger partial charge in [-0.1, -0.05) is 277 Å². The second kappa shape index (κ2) is 56.5. The molecule has 1 aliphatic heterocycles. The maximum atomic E-state index is 13.4. The second-order valence-electron chi connectivity index (χ2n) is 21.9. The Hall–Kier alpha value is -3.94. The van der Waals surface area contributed by atoms with Crippen molar-refractivity contribution in [3.63, 3.8) is 0 Å². The van der Waals surface area contributed by atoms with Crippen molar-refractivity contribution >= 4 is 11.9 Å². The molecule has 0 spiro atoms. The van der Waals surface area contributed by atoms with E-state index in [-0.39, 0.29) is 19.4 Å². The topological polar surface area (TPSA) is 175 Å². The van der Waals surface area contributed by atoms with Crippen LogP contribution in [0, 0.1) is 0 Å². The van der Waals surface area contributed by atoms with Gasteiger partial charge < -0.3 is 45.1 Å². The van der Waals surface area contributed by atoms with Crippen LogP contribution < -0.4 is 5.32 Å². The summed E-state index contributed by atoms with van der Waals surface area (Å²) in [6, 6.07) is -1.06. The Labute approximate surface area is 493 Å². The number of aliphatic hydroxyl groups is 5. The summed E-state index contributed by atoms with van der Waals surface area (Å²) in [6.45, 7) is 5.59. The van der Waals surface area contributed by atoms with Gasteiger partial charge in [-0.05, 0) is 83.5 Å². The molecule has 0 aromatic heterocycles. The number of aliphatic hydroxyl groups excluding tert-OH is 5. The monoisotopic (exact) mass is 1130 g/mol. The van der Waals surface area contributed by atoms with Crippen LogP contribution in [0.4, 0.5) is 0 Å². The summed E-state index contributed by atoms with van der Waals surface area (Å²) in [5.74, 6) is -1.25. The molecule has 0 aromatic carbocycles. The lowest BCUT2D eigenvalue weighted by Gasteiger charge is -2.41. The zero-order chi connectivity index (χ0) is 58.9. The van der Waals surface area contributed by atoms with Crippen molar-refractivity contribution in [1.82, 2.24) is 5.32 Å². The molecule has 0 aliphatic carbocycles. The van der Waals surface area contributed by atoms with Crippen LogP contribution in [0.15, 0.2) is 122 Å². The van der Waals surface area contributed by atoms with Crippen molar-refractivity contribution in [1.29, 1.82) is 0 Å². The zero-order valence-corrected chi connectivity index (χ0v) is 51.1. The molecule has 8 atom stereocenters. The van der Waals surface area contributed by atoms with Crippen LogP contribution in [0.5, 0.6) is 0 Å². The number of allylic oxidation sites excluding steroid dienone is 19. The second-order valence-corrected chi connectivity index (χ2v) is 21.9. The third-order valence-corrected chi connectivity index (χ3v) is 14.5. The molecule has 1 amide bonds. The Morgan fingerprint density at radius 1 is 0.506 bits per heavy atom. The van der Waals surface area contributed by atoms with Gasteiger partial charge in [-0.2, -0.15) is 0 Å². The van der Waals surface area contributed by atoms with Crippen LogP contribution in [0.25, 0.3) is 0 Å². The first-order valence-corrected chi connectivity index (χ1v) is 32.4. The summed E-state index contributed by atoms with van der Waals surface area (Å²) in [5.41, 5.74) is 0. The van der Waals surface area contributed by atoms with Crippen LogP contribution in [0.3, 0.4) is 0 Å². The van der Waals surface area contributed by atoms with E-state index in [1.165, 1.54) is 109 Å². The van der Waals surface area contributed by atoms with Gasteiger partial charge in [0.1, 0.15) is 24.4 Å². The normalized spacial score (nSPS) is 19.5. The van der Waals surface area contributed by atoms with Gasteiger partial charge in [0.2, 0.25) is 5.91 Å². The first-order chi connectivity index (χ1) is 39.7. The molecule has 11 nitrogen and oxygen atoms in total. The summed E-state index contributed by atoms with van der Waals surface area (Å²) in [5, 5.41) is 57.0. The molecule has 8 unspecified atom stereocenters. The van der Waals surface area contributed by atoms with Crippen LogP contribution in [0.2, 0.25) is 0 Å². The van der Waals surface area contributed by atoms with E-state index in [2.05, 4.69) is 68.6 Å². The first kappa shape index (κ1) is 75.1. The lowest BCUT2D eigenvalue weighted by molar-refractivity contribution is -0.305. The molecule has 1 rings (SSSR count). The zero-order valence-electron chi connectivity index (χ0n) is 51.1. The van der Waals surface area contributed by atoms with Crippen LogP contribution in [-0.4, -0.2) is 99.6 Å². The Balaban J connectivity index is 2.68. The minimum Gasteiger partial charge on any atom is -0.454 e. The van der Waals surface area contributed by atoms with Crippen molar-refractivity contribution in [2.45, 2.75) is 294 Å². The number of hydrogen-bond donors (Lipinski definition) is 6. The van der Waals surface area contributed by atoms with E-state index >= 15 is 0 Å². The molecule has 1 saturated heterocycles. The quantitative estimate of drug-likeness (QED) is 0.0149. The molecule has 1 fully saturated rings. The summed E-state index contributed by atoms with van der Waals surface area (Å²) in [4.78, 5) is 26.6. The molecule has 0 aromatic rings. The fourth-order valence-electron chi connectivity index (χ4n) is 9.40. The summed E-state index contributed by atoms with van der Waals surface area (Å²) in [6.07, 6.45) is 68.0. The third kappa shape index (κ3) is 44.3. The van der Waals surface area contributed by atoms with E-state index in [1.807, 2.05) is 72.9 Å². The maximum Gasteiger partial charge on any atom is 0.306 e. The fourth-order valence-corrected chi connectivity index (χ4v) is 9.40. The summed E-state index contributed by atoms with van der Waals surface area (Å²) >= 11 is 0. The standard InChI is InChI=1S/C70H117NO10/c1-4-7-10-13-16-19-22-25-27-29-30-31-32-33-34-35-37-40-43-46-49-52-55-58-65(75)81-68-67(77)66(76)64(59-72)80-70(68)79-60-61(62(73)56-53-50-47-44-41-38-24-21-18-15-12-9-6-3)71-69(78)63(74)57-54-51-48-45-42-39-36-28-26-23-20-17-14-11-8-5-2/h8,11,14,16-17,19-20,23,25-28,30-31,36,39,42,45,53,56,61-64,66-68,70,72-74,76-77H,4-7,9-10,12-13,15,18,21-22,24,29,32-35,37-38,40-41,43-44,46-52,54-55,57-60H2,1-3H3,(H,71,78)/b11-8-,17-14+,19-16-,23-20+,27-25-,28-26-,31-30-,39-36+,45-42+,56-53+. The number of unbranched alkanes of at least 4 members (excludes halogenated alkanes) is 26. The molecule has 0 radical (unpaired) electrons. The minimum atomic E-state index is -1.63. The molecule has 1 heterocycles. The lowest BCUT2D eigenvalue weighted by atomic mass is 9.99. The number of ether oxygens (including phenoxy) is 3. The van der Waals surface area contributed by atoms with E-state index in [4.69, 9.17) is 14.2 Å². The van der Waals surface area contributed by atoms with E-state index < -0.39 is 67.4 Å². The van der Waals surface area contributed by atoms with Gasteiger partial charge in [0.25, 0.3) is 0 Å². The average Bonchev–Trinajstić information content (AvgIpc) is 3.47. The fraction of sp³-hybridized carbons (Fsp3) is 0.686. The van der Waals surface area contributed by atoms with E-state index in [0.717, 1.165) is 89.9 Å². The van der Waals surface area contributed by atoms with E-state index in [9.17, 15) is 35.1 Å². The highest BCUT2D eigenvalue weighted by Gasteiger charge is 2.47. The highest BCUT2D eigenvalue weighted by atomic mass is 16.7. The predicted molar refractivity (Wildman–Crippen MR) is 338 cm³/mol. The molecular formula is C70H117NO10. The Kier molecular flexibility index (Phi) is 52.4. The minimum absolute atomic E-state index is 0.106. The smallest absolute Gasteiger partial charge is 0.306 e. The van der Waals surface area contributed by atoms with E-state index in [0.29, 0.717) is 12.8 Å². The molecule has 6 N–H and O–H groups in total. The van der Waals surface area contributed by atoms with E-state index in [1.54, 1.807) is 6.08 Å². The van der Waals surface area contributed by atoms with Gasteiger partial charge >= 0.3 is 5.97 Å². The summed E-state index contributed by atoms with van der Waals surface area (Å²) in [7, 11) is 0. The molecule has 0 bridgehead atoms. The van der Waals surface area contributed by atoms with Crippen molar-refractivity contribution in [3.8, 4) is 0 Å². The van der Waals surface area contributed by atoms with Gasteiger partial charge in [0.15, 0.2) is 12.4 Å². The van der Waals surface area contributed by atoms with Crippen molar-refractivity contribution in [3.05, 3.63) is 122 Å². The molecule has 1 aliphatic rings. The SMILES string of the molecule is CC\C=C/C=C/C=C/C=C\C=C\C=C\CCCCC(O)C(=O)NC(COC1OC(CO)C(O)C(O)C1OC(=O)CCCCCCCCCCCC/C=C\C/C=C\C/C=C\CCCCC)C(O)/C=C/CCCCCCCCCCCCC. The molecule has 11 heteroatoms. The largest absolute Gasteiger partial charge is 0.454 e. The number of amides is 1. The van der Waals surface area contributed by atoms with Gasteiger partial charge in [-0.15, -0.1) is 0 Å². The number of nitrogens with one attached hydrogen (secondary N) is 1. The van der Waals surface area contributed by atoms with Gasteiger partial charge in [-0.3, -0.25) is 9.59 Å². The number of carbonyl (C=O) groups excluding carboxylic acids is 2. The number of rotatable bonds is 53. The van der Waals surface area contributed by atoms with Crippen molar-refractivity contribution in [2.24, 2.45) is 0 Å². The van der Waals surface area contributed by atoms with Gasteiger partial charge in [-0.25, -0.2) is 0 Å². The predicted octanol–water partition coefficient (Wildman–Crippen LogP) is 15.8. The van der Waals surface area contributed by atoms with Gasteiger partial charge in [0, 0.05) is 6.42 Å². The highest BCUT2D eigenvalue weighted by molar-refractivity contribution is 5.80.